The highest BCUT2D eigenvalue weighted by Crippen LogP contribution is 2.52. The summed E-state index contributed by atoms with van der Waals surface area (Å²) in [5.74, 6) is -0.250. The van der Waals surface area contributed by atoms with Crippen LogP contribution in [0.1, 0.15) is 13.8 Å². The van der Waals surface area contributed by atoms with Gasteiger partial charge in [0.15, 0.2) is 0 Å². The number of hydrogen-bond donors (Lipinski definition) is 2. The summed E-state index contributed by atoms with van der Waals surface area (Å²) in [4.78, 5) is 27.4. The normalized spacial score (nSPS) is 32.7. The van der Waals surface area contributed by atoms with Crippen LogP contribution in [0.5, 0.6) is 0 Å². The van der Waals surface area contributed by atoms with Crippen LogP contribution in [-0.4, -0.2) is 68.7 Å². The molecule has 0 aromatic carbocycles. The molecule has 2 amide bonds. The number of thioether (sulfide) groups is 1. The zero-order chi connectivity index (χ0) is 17.6. The number of H-pyrrole nitrogens is 1. The van der Waals surface area contributed by atoms with Gasteiger partial charge in [-0.1, -0.05) is 12.2 Å². The number of aromatic nitrogens is 3. The van der Waals surface area contributed by atoms with Crippen molar-refractivity contribution in [3.05, 3.63) is 18.3 Å². The number of carbonyl (C=O) groups is 2. The van der Waals surface area contributed by atoms with Gasteiger partial charge in [0.05, 0.1) is 30.7 Å². The maximum atomic E-state index is 12.8. The third kappa shape index (κ3) is 2.65. The third-order valence-corrected chi connectivity index (χ3v) is 6.00. The van der Waals surface area contributed by atoms with Crippen LogP contribution < -0.4 is 5.32 Å². The average Bonchev–Trinajstić information content (AvgIpc) is 3.33. The van der Waals surface area contributed by atoms with Gasteiger partial charge in [0.25, 0.3) is 0 Å². The Balaban J connectivity index is 1.39. The van der Waals surface area contributed by atoms with E-state index in [1.54, 1.807) is 6.20 Å². The molecule has 25 heavy (non-hydrogen) atoms. The van der Waals surface area contributed by atoms with E-state index < -0.39 is 17.4 Å². The Morgan fingerprint density at radius 3 is 3.16 bits per heavy atom. The quantitative estimate of drug-likeness (QED) is 0.426. The highest BCUT2D eigenvalue weighted by Gasteiger charge is 2.66. The molecule has 2 N–H and O–H groups in total. The number of ether oxygens (including phenoxy) is 1. The first-order valence-corrected chi connectivity index (χ1v) is 9.44. The Kier molecular flexibility index (Phi) is 4.07. The minimum Gasteiger partial charge on any atom is -0.360 e. The molecule has 2 saturated heterocycles. The Bertz CT molecular complexity index is 707. The van der Waals surface area contributed by atoms with Crippen LogP contribution in [0.2, 0.25) is 0 Å². The van der Waals surface area contributed by atoms with Gasteiger partial charge in [0.2, 0.25) is 11.8 Å². The standard InChI is InChI=1S/C16H21N5O3S/c1-9(2)21-8-16-4-3-10(24-16)12(13(16)15(21)23)14(22)17-5-6-25-11-7-18-20-19-11/h3-4,7,9-10,12-13H,5-6,8H2,1-2H3,(H,17,22)(H,18,19,20)/t10-,12-,13+,16-/m1/s1. The predicted molar refractivity (Wildman–Crippen MR) is 90.7 cm³/mol. The minimum atomic E-state index is -0.622. The second-order valence-electron chi connectivity index (χ2n) is 6.91. The van der Waals surface area contributed by atoms with Gasteiger partial charge in [-0.05, 0) is 13.8 Å². The summed E-state index contributed by atoms with van der Waals surface area (Å²) >= 11 is 1.51. The van der Waals surface area contributed by atoms with Crippen molar-refractivity contribution in [2.24, 2.45) is 11.8 Å². The van der Waals surface area contributed by atoms with E-state index in [2.05, 4.69) is 20.7 Å². The van der Waals surface area contributed by atoms with Crippen LogP contribution in [0.3, 0.4) is 0 Å². The highest BCUT2D eigenvalue weighted by atomic mass is 32.2. The zero-order valence-electron chi connectivity index (χ0n) is 14.1. The van der Waals surface area contributed by atoms with Gasteiger partial charge in [0, 0.05) is 18.3 Å². The fourth-order valence-corrected chi connectivity index (χ4v) is 4.62. The number of likely N-dealkylation sites (tertiary alicyclic amines) is 1. The van der Waals surface area contributed by atoms with E-state index in [1.165, 1.54) is 11.8 Å². The number of nitrogens with zero attached hydrogens (tertiary/aromatic N) is 3. The molecule has 0 saturated carbocycles. The molecule has 0 radical (unpaired) electrons. The van der Waals surface area contributed by atoms with Crippen molar-refractivity contribution in [1.29, 1.82) is 0 Å². The number of fused-ring (bicyclic) bond motifs is 1. The van der Waals surface area contributed by atoms with Crippen LogP contribution >= 0.6 is 11.8 Å². The van der Waals surface area contributed by atoms with Crippen LogP contribution in [0.4, 0.5) is 0 Å². The second kappa shape index (κ2) is 6.14. The van der Waals surface area contributed by atoms with Crippen molar-refractivity contribution < 1.29 is 14.3 Å². The van der Waals surface area contributed by atoms with Gasteiger partial charge in [0.1, 0.15) is 10.6 Å². The molecule has 4 atom stereocenters. The van der Waals surface area contributed by atoms with E-state index in [4.69, 9.17) is 4.74 Å². The van der Waals surface area contributed by atoms with Crippen molar-refractivity contribution in [2.75, 3.05) is 18.8 Å². The van der Waals surface area contributed by atoms with Crippen molar-refractivity contribution >= 4 is 23.6 Å². The lowest BCUT2D eigenvalue weighted by Crippen LogP contribution is -2.45. The van der Waals surface area contributed by atoms with Gasteiger partial charge in [-0.3, -0.25) is 9.59 Å². The monoisotopic (exact) mass is 363 g/mol. The van der Waals surface area contributed by atoms with Crippen LogP contribution in [0.15, 0.2) is 23.4 Å². The molecular weight excluding hydrogens is 342 g/mol. The van der Waals surface area contributed by atoms with Crippen LogP contribution in [0.25, 0.3) is 0 Å². The second-order valence-corrected chi connectivity index (χ2v) is 8.02. The fraction of sp³-hybridized carbons (Fsp3) is 0.625. The summed E-state index contributed by atoms with van der Waals surface area (Å²) < 4.78 is 6.07. The first kappa shape index (κ1) is 16.6. The predicted octanol–water partition coefficient (Wildman–Crippen LogP) is 0.203. The highest BCUT2D eigenvalue weighted by molar-refractivity contribution is 7.99. The maximum absolute atomic E-state index is 12.8. The van der Waals surface area contributed by atoms with E-state index in [-0.39, 0.29) is 24.0 Å². The van der Waals surface area contributed by atoms with E-state index in [1.807, 2.05) is 30.9 Å². The van der Waals surface area contributed by atoms with Crippen molar-refractivity contribution in [3.8, 4) is 0 Å². The first-order chi connectivity index (χ1) is 12.0. The molecule has 3 aliphatic rings. The Morgan fingerprint density at radius 2 is 2.44 bits per heavy atom. The van der Waals surface area contributed by atoms with Crippen molar-refractivity contribution in [1.82, 2.24) is 25.6 Å². The molecule has 0 unspecified atom stereocenters. The van der Waals surface area contributed by atoms with Gasteiger partial charge in [-0.25, -0.2) is 0 Å². The van der Waals surface area contributed by atoms with Crippen LogP contribution in [0, 0.1) is 11.8 Å². The summed E-state index contributed by atoms with van der Waals surface area (Å²) in [7, 11) is 0. The summed E-state index contributed by atoms with van der Waals surface area (Å²) in [5.41, 5.74) is -0.622. The molecule has 2 fully saturated rings. The topological polar surface area (TPSA) is 100 Å². The van der Waals surface area contributed by atoms with Crippen molar-refractivity contribution in [3.63, 3.8) is 0 Å². The number of nitrogens with one attached hydrogen (secondary N) is 2. The molecule has 1 spiro atoms. The SMILES string of the molecule is CC(C)N1C[C@@]23C=C[C@@H](O2)[C@@H](C(=O)NCCSc2cn[nH]n2)[C@H]3C1=O. The Hall–Kier alpha value is -1.87. The molecule has 3 aliphatic heterocycles. The average molecular weight is 363 g/mol. The molecule has 9 heteroatoms. The number of hydrogen-bond acceptors (Lipinski definition) is 6. The largest absolute Gasteiger partial charge is 0.360 e. The van der Waals surface area contributed by atoms with E-state index in [9.17, 15) is 9.59 Å². The zero-order valence-corrected chi connectivity index (χ0v) is 15.0. The van der Waals surface area contributed by atoms with Gasteiger partial charge in [-0.2, -0.15) is 10.3 Å². The van der Waals surface area contributed by atoms with E-state index >= 15 is 0 Å². The number of carbonyl (C=O) groups excluding carboxylic acids is 2. The van der Waals surface area contributed by atoms with Gasteiger partial charge >= 0.3 is 0 Å². The van der Waals surface area contributed by atoms with Gasteiger partial charge in [-0.15, -0.1) is 16.9 Å². The summed E-state index contributed by atoms with van der Waals surface area (Å²) in [5, 5.41) is 14.0. The lowest BCUT2D eigenvalue weighted by atomic mass is 9.77. The molecule has 134 valence electrons. The maximum Gasteiger partial charge on any atom is 0.230 e. The van der Waals surface area contributed by atoms with E-state index in [0.29, 0.717) is 18.8 Å². The number of rotatable bonds is 6. The minimum absolute atomic E-state index is 0.0268. The Labute approximate surface area is 149 Å². The third-order valence-electron chi connectivity index (χ3n) is 5.10. The summed E-state index contributed by atoms with van der Waals surface area (Å²) in [6.45, 7) is 5.02. The first-order valence-electron chi connectivity index (χ1n) is 8.46. The number of aromatic amines is 1. The molecule has 4 rings (SSSR count). The molecule has 8 nitrogen and oxygen atoms in total. The molecular formula is C16H21N5O3S. The van der Waals surface area contributed by atoms with E-state index in [0.717, 1.165) is 5.03 Å². The molecule has 4 heterocycles. The smallest absolute Gasteiger partial charge is 0.230 e. The van der Waals surface area contributed by atoms with Crippen molar-refractivity contribution in [2.45, 2.75) is 36.6 Å². The van der Waals surface area contributed by atoms with Crippen LogP contribution in [-0.2, 0) is 14.3 Å². The lowest BCUT2D eigenvalue weighted by Gasteiger charge is -2.24. The molecule has 0 aliphatic carbocycles. The van der Waals surface area contributed by atoms with Gasteiger partial charge < -0.3 is 15.0 Å². The molecule has 2 bridgehead atoms. The lowest BCUT2D eigenvalue weighted by molar-refractivity contribution is -0.138. The number of amides is 2. The fourth-order valence-electron chi connectivity index (χ4n) is 3.97. The molecule has 1 aromatic rings. The molecule has 1 aromatic heterocycles. The summed E-state index contributed by atoms with van der Waals surface area (Å²) in [6, 6.07) is 0.103. The summed E-state index contributed by atoms with van der Waals surface area (Å²) in [6.07, 6.45) is 5.25. The Morgan fingerprint density at radius 1 is 1.60 bits per heavy atom.